The Hall–Kier alpha value is -2.83. The molecule has 2 fully saturated rings. The molecule has 0 aromatic carbocycles. The second kappa shape index (κ2) is 8.46. The molecule has 2 aromatic heterocycles. The molecule has 1 atom stereocenters. The summed E-state index contributed by atoms with van der Waals surface area (Å²) in [5.41, 5.74) is 1.67. The van der Waals surface area contributed by atoms with Gasteiger partial charge in [0, 0.05) is 67.9 Å². The first-order valence-electron chi connectivity index (χ1n) is 9.96. The quantitative estimate of drug-likeness (QED) is 0.816. The molecule has 2 aromatic rings. The number of amides is 2. The topological polar surface area (TPSA) is 79.3 Å². The van der Waals surface area contributed by atoms with E-state index in [0.717, 1.165) is 44.5 Å². The average molecular weight is 379 g/mol. The minimum absolute atomic E-state index is 0.00522. The molecule has 0 N–H and O–H groups in total. The van der Waals surface area contributed by atoms with Gasteiger partial charge < -0.3 is 9.80 Å². The number of pyridine rings is 1. The third kappa shape index (κ3) is 4.03. The van der Waals surface area contributed by atoms with Crippen LogP contribution in [0.5, 0.6) is 0 Å². The lowest BCUT2D eigenvalue weighted by atomic mass is 9.90. The van der Waals surface area contributed by atoms with Crippen LogP contribution >= 0.6 is 0 Å². The lowest BCUT2D eigenvalue weighted by Crippen LogP contribution is -2.47. The van der Waals surface area contributed by atoms with Crippen molar-refractivity contribution in [3.05, 3.63) is 54.4 Å². The number of nitrogens with zero attached hydrogens (tertiary/aromatic N) is 5. The molecular weight excluding hydrogens is 354 g/mol. The van der Waals surface area contributed by atoms with Crippen molar-refractivity contribution in [3.8, 4) is 0 Å². The summed E-state index contributed by atoms with van der Waals surface area (Å²) in [6.07, 6.45) is 10.1. The van der Waals surface area contributed by atoms with Crippen LogP contribution in [0.15, 0.2) is 43.1 Å². The van der Waals surface area contributed by atoms with Crippen molar-refractivity contribution in [1.29, 1.82) is 0 Å². The molecule has 4 heterocycles. The van der Waals surface area contributed by atoms with Gasteiger partial charge in [0.05, 0.1) is 0 Å². The second-order valence-corrected chi connectivity index (χ2v) is 7.56. The minimum Gasteiger partial charge on any atom is -0.342 e. The van der Waals surface area contributed by atoms with Crippen molar-refractivity contribution in [2.75, 3.05) is 26.2 Å². The molecule has 28 heavy (non-hydrogen) atoms. The van der Waals surface area contributed by atoms with Gasteiger partial charge in [-0.25, -0.2) is 9.97 Å². The molecule has 2 aliphatic heterocycles. The van der Waals surface area contributed by atoms with E-state index in [2.05, 4.69) is 15.0 Å². The van der Waals surface area contributed by atoms with E-state index in [-0.39, 0.29) is 23.7 Å². The van der Waals surface area contributed by atoms with Crippen LogP contribution in [0.1, 0.15) is 47.7 Å². The Labute approximate surface area is 164 Å². The van der Waals surface area contributed by atoms with E-state index in [4.69, 9.17) is 0 Å². The van der Waals surface area contributed by atoms with Crippen LogP contribution in [-0.2, 0) is 4.79 Å². The van der Waals surface area contributed by atoms with E-state index < -0.39 is 0 Å². The van der Waals surface area contributed by atoms with Gasteiger partial charge in [0.15, 0.2) is 0 Å². The zero-order chi connectivity index (χ0) is 19.3. The molecule has 146 valence electrons. The van der Waals surface area contributed by atoms with Gasteiger partial charge in [-0.3, -0.25) is 14.6 Å². The Morgan fingerprint density at radius 3 is 2.36 bits per heavy atom. The summed E-state index contributed by atoms with van der Waals surface area (Å²) < 4.78 is 0. The first-order valence-corrected chi connectivity index (χ1v) is 9.96. The molecule has 0 radical (unpaired) electrons. The number of aromatic nitrogens is 3. The van der Waals surface area contributed by atoms with E-state index in [1.54, 1.807) is 37.1 Å². The van der Waals surface area contributed by atoms with Gasteiger partial charge in [-0.05, 0) is 43.9 Å². The van der Waals surface area contributed by atoms with Crippen molar-refractivity contribution in [3.63, 3.8) is 0 Å². The molecule has 0 spiro atoms. The molecule has 0 bridgehead atoms. The minimum atomic E-state index is 0.00522. The third-order valence-corrected chi connectivity index (χ3v) is 5.81. The van der Waals surface area contributed by atoms with E-state index >= 15 is 0 Å². The van der Waals surface area contributed by atoms with Crippen molar-refractivity contribution in [1.82, 2.24) is 24.8 Å². The summed E-state index contributed by atoms with van der Waals surface area (Å²) in [4.78, 5) is 41.8. The zero-order valence-electron chi connectivity index (χ0n) is 15.9. The monoisotopic (exact) mass is 379 g/mol. The largest absolute Gasteiger partial charge is 0.342 e. The van der Waals surface area contributed by atoms with Gasteiger partial charge in [0.1, 0.15) is 6.33 Å². The lowest BCUT2D eigenvalue weighted by molar-refractivity contribution is -0.138. The maximum atomic E-state index is 13.1. The summed E-state index contributed by atoms with van der Waals surface area (Å²) >= 11 is 0. The first kappa shape index (κ1) is 18.5. The fraction of sp³-hybridized carbons (Fsp3) is 0.476. The van der Waals surface area contributed by atoms with Crippen LogP contribution in [0.2, 0.25) is 0 Å². The van der Waals surface area contributed by atoms with Gasteiger partial charge in [-0.15, -0.1) is 0 Å². The van der Waals surface area contributed by atoms with Gasteiger partial charge >= 0.3 is 0 Å². The SMILES string of the molecule is O=C(c1ccncc1)N1CCC(C(=O)N2CCC[C@H](c3ccncn3)C2)CC1. The maximum Gasteiger partial charge on any atom is 0.253 e. The number of hydrogen-bond acceptors (Lipinski definition) is 5. The summed E-state index contributed by atoms with van der Waals surface area (Å²) in [6.45, 7) is 2.80. The van der Waals surface area contributed by atoms with E-state index in [9.17, 15) is 9.59 Å². The maximum absolute atomic E-state index is 13.1. The van der Waals surface area contributed by atoms with Gasteiger partial charge in [-0.1, -0.05) is 0 Å². The van der Waals surface area contributed by atoms with Crippen molar-refractivity contribution >= 4 is 11.8 Å². The molecule has 2 amide bonds. The third-order valence-electron chi connectivity index (χ3n) is 5.81. The molecule has 2 saturated heterocycles. The predicted octanol–water partition coefficient (Wildman–Crippen LogP) is 2.13. The number of hydrogen-bond donors (Lipinski definition) is 0. The fourth-order valence-electron chi connectivity index (χ4n) is 4.23. The molecule has 7 nitrogen and oxygen atoms in total. The van der Waals surface area contributed by atoms with Gasteiger partial charge in [0.2, 0.25) is 5.91 Å². The Morgan fingerprint density at radius 2 is 1.64 bits per heavy atom. The van der Waals surface area contributed by atoms with Crippen molar-refractivity contribution in [2.45, 2.75) is 31.6 Å². The van der Waals surface area contributed by atoms with Crippen LogP contribution in [0.4, 0.5) is 0 Å². The Balaban J connectivity index is 1.33. The molecule has 0 saturated carbocycles. The number of likely N-dealkylation sites (tertiary alicyclic amines) is 2. The van der Waals surface area contributed by atoms with E-state index in [1.807, 2.05) is 15.9 Å². The van der Waals surface area contributed by atoms with Crippen LogP contribution in [0, 0.1) is 5.92 Å². The average Bonchev–Trinajstić information content (AvgIpc) is 2.79. The zero-order valence-corrected chi connectivity index (χ0v) is 15.9. The summed E-state index contributed by atoms with van der Waals surface area (Å²) in [7, 11) is 0. The second-order valence-electron chi connectivity index (χ2n) is 7.56. The molecular formula is C21H25N5O2. The molecule has 2 aliphatic rings. The summed E-state index contributed by atoms with van der Waals surface area (Å²) in [5, 5.41) is 0. The lowest BCUT2D eigenvalue weighted by Gasteiger charge is -2.37. The summed E-state index contributed by atoms with van der Waals surface area (Å²) in [6, 6.07) is 5.42. The fourth-order valence-corrected chi connectivity index (χ4v) is 4.23. The predicted molar refractivity (Wildman–Crippen MR) is 103 cm³/mol. The highest BCUT2D eigenvalue weighted by Gasteiger charge is 2.33. The highest BCUT2D eigenvalue weighted by atomic mass is 16.2. The highest BCUT2D eigenvalue weighted by molar-refractivity contribution is 5.94. The van der Waals surface area contributed by atoms with Crippen molar-refractivity contribution in [2.24, 2.45) is 5.92 Å². The van der Waals surface area contributed by atoms with E-state index in [0.29, 0.717) is 18.7 Å². The van der Waals surface area contributed by atoms with Crippen LogP contribution < -0.4 is 0 Å². The summed E-state index contributed by atoms with van der Waals surface area (Å²) in [5.74, 6) is 0.546. The van der Waals surface area contributed by atoms with E-state index in [1.165, 1.54) is 0 Å². The first-order chi connectivity index (χ1) is 13.7. The highest BCUT2D eigenvalue weighted by Crippen LogP contribution is 2.28. The van der Waals surface area contributed by atoms with Crippen LogP contribution in [-0.4, -0.2) is 62.7 Å². The Bertz CT molecular complexity index is 806. The Kier molecular flexibility index (Phi) is 5.60. The molecule has 4 rings (SSSR count). The Morgan fingerprint density at radius 1 is 0.893 bits per heavy atom. The standard InChI is InChI=1S/C21H25N5O2/c27-20(16-3-8-22-9-4-16)25-12-6-17(7-13-25)21(28)26-11-1-2-18(14-26)19-5-10-23-15-24-19/h3-5,8-10,15,17-18H,1-2,6-7,11-14H2/t18-/m0/s1. The van der Waals surface area contributed by atoms with Gasteiger partial charge in [-0.2, -0.15) is 0 Å². The molecule has 7 heteroatoms. The van der Waals surface area contributed by atoms with Gasteiger partial charge in [0.25, 0.3) is 5.91 Å². The number of carbonyl (C=O) groups excluding carboxylic acids is 2. The molecule has 0 aliphatic carbocycles. The number of carbonyl (C=O) groups is 2. The number of rotatable bonds is 3. The molecule has 0 unspecified atom stereocenters. The van der Waals surface area contributed by atoms with Crippen LogP contribution in [0.25, 0.3) is 0 Å². The smallest absolute Gasteiger partial charge is 0.253 e. The van der Waals surface area contributed by atoms with Crippen LogP contribution in [0.3, 0.4) is 0 Å². The normalized spacial score (nSPS) is 20.8. The van der Waals surface area contributed by atoms with Crippen molar-refractivity contribution < 1.29 is 9.59 Å². The number of piperidine rings is 2.